The molecule has 1 aromatic carbocycles. The number of amides is 1. The zero-order chi connectivity index (χ0) is 27.4. The van der Waals surface area contributed by atoms with E-state index in [1.54, 1.807) is 22.8 Å². The van der Waals surface area contributed by atoms with E-state index in [1.807, 2.05) is 24.0 Å². The van der Waals surface area contributed by atoms with Gasteiger partial charge < -0.3 is 25.3 Å². The number of nitrogens with one attached hydrogen (secondary N) is 1. The van der Waals surface area contributed by atoms with Crippen LogP contribution in [0.4, 0.5) is 5.95 Å². The van der Waals surface area contributed by atoms with E-state index >= 15 is 0 Å². The number of benzene rings is 1. The first-order chi connectivity index (χ1) is 18.3. The summed E-state index contributed by atoms with van der Waals surface area (Å²) in [7, 11) is 3.01. The van der Waals surface area contributed by atoms with E-state index < -0.39 is 23.6 Å². The van der Waals surface area contributed by atoms with E-state index in [1.165, 1.54) is 24.7 Å². The highest BCUT2D eigenvalue weighted by Gasteiger charge is 2.27. The normalized spacial score (nSPS) is 15.8. The number of carbonyl (C=O) groups is 2. The number of nitrogens with zero attached hydrogens (tertiary/aromatic N) is 5. The highest BCUT2D eigenvalue weighted by atomic mass is 16.5. The molecule has 12 nitrogen and oxygen atoms in total. The number of ether oxygens (including phenoxy) is 1. The number of para-hydroxylation sites is 1. The smallest absolute Gasteiger partial charge is 0.332 e. The van der Waals surface area contributed by atoms with Crippen molar-refractivity contribution < 1.29 is 14.3 Å². The van der Waals surface area contributed by atoms with Crippen molar-refractivity contribution in [2.45, 2.75) is 38.9 Å². The maximum Gasteiger partial charge on any atom is 0.332 e. The van der Waals surface area contributed by atoms with Gasteiger partial charge in [-0.05, 0) is 31.9 Å². The SMILES string of the molecule is C/C=C/Cn1c(N2CCC[C@H](N)C2)nc2c1c(=O)n(CC(=O)c1ccccc1OCC(=O)NC)c(=O)n2C. The largest absolute Gasteiger partial charge is 0.483 e. The number of nitrogens with two attached hydrogens (primary N) is 1. The summed E-state index contributed by atoms with van der Waals surface area (Å²) in [5.74, 6) is -0.105. The van der Waals surface area contributed by atoms with Crippen LogP contribution in [0.5, 0.6) is 5.75 Å². The van der Waals surface area contributed by atoms with Crippen LogP contribution in [0.2, 0.25) is 0 Å². The number of fused-ring (bicyclic) bond motifs is 1. The molecule has 12 heteroatoms. The Balaban J connectivity index is 1.78. The fourth-order valence-corrected chi connectivity index (χ4v) is 4.58. The number of imidazole rings is 1. The highest BCUT2D eigenvalue weighted by Crippen LogP contribution is 2.23. The fraction of sp³-hybridized carbons (Fsp3) is 0.423. The molecule has 3 N–H and O–H groups in total. The third kappa shape index (κ3) is 5.25. The van der Waals surface area contributed by atoms with Crippen LogP contribution in [0.15, 0.2) is 46.0 Å². The number of hydrogen-bond donors (Lipinski definition) is 2. The summed E-state index contributed by atoms with van der Waals surface area (Å²) in [6.45, 7) is 2.80. The number of likely N-dealkylation sites (N-methyl/N-ethyl adjacent to an activating group) is 1. The van der Waals surface area contributed by atoms with Crippen LogP contribution < -0.4 is 31.9 Å². The first-order valence-electron chi connectivity index (χ1n) is 12.5. The first-order valence-corrected chi connectivity index (χ1v) is 12.5. The molecule has 0 spiro atoms. The molecule has 0 unspecified atom stereocenters. The molecule has 2 aromatic heterocycles. The molecular weight excluding hydrogens is 490 g/mol. The number of ketones is 1. The van der Waals surface area contributed by atoms with Gasteiger partial charge in [-0.15, -0.1) is 0 Å². The van der Waals surface area contributed by atoms with Crippen molar-refractivity contribution in [3.05, 3.63) is 62.8 Å². The van der Waals surface area contributed by atoms with Gasteiger partial charge >= 0.3 is 5.69 Å². The number of aryl methyl sites for hydroxylation is 1. The van der Waals surface area contributed by atoms with Crippen molar-refractivity contribution in [2.75, 3.05) is 31.6 Å². The van der Waals surface area contributed by atoms with E-state index in [9.17, 15) is 19.2 Å². The number of aromatic nitrogens is 4. The van der Waals surface area contributed by atoms with Crippen molar-refractivity contribution in [3.8, 4) is 5.75 Å². The predicted octanol–water partition coefficient (Wildman–Crippen LogP) is 0.408. The van der Waals surface area contributed by atoms with Crippen LogP contribution in [-0.4, -0.2) is 63.2 Å². The molecule has 0 saturated carbocycles. The molecule has 0 aliphatic carbocycles. The Morgan fingerprint density at radius 3 is 2.71 bits per heavy atom. The van der Waals surface area contributed by atoms with E-state index in [-0.39, 0.29) is 41.0 Å². The summed E-state index contributed by atoms with van der Waals surface area (Å²) in [4.78, 5) is 58.7. The van der Waals surface area contributed by atoms with Crippen LogP contribution in [-0.2, 0) is 24.9 Å². The standard InChI is InChI=1S/C26H33N7O5/c1-4-5-13-32-22-23(29-25(32)31-12-8-9-17(27)14-31)30(3)26(37)33(24(22)36)15-19(34)18-10-6-7-11-20(18)38-16-21(35)28-2/h4-7,10-11,17H,8-9,12-16,27H2,1-3H3,(H,28,35)/b5-4+/t17-/m0/s1. The van der Waals surface area contributed by atoms with Gasteiger partial charge in [-0.2, -0.15) is 4.98 Å². The van der Waals surface area contributed by atoms with Gasteiger partial charge in [0.05, 0.1) is 12.1 Å². The molecule has 1 aliphatic rings. The molecule has 1 amide bonds. The Morgan fingerprint density at radius 2 is 2.00 bits per heavy atom. The molecule has 1 saturated heterocycles. The molecule has 0 bridgehead atoms. The minimum absolute atomic E-state index is 0.0116. The first kappa shape index (κ1) is 26.9. The summed E-state index contributed by atoms with van der Waals surface area (Å²) in [6.07, 6.45) is 5.58. The van der Waals surface area contributed by atoms with Gasteiger partial charge in [0.15, 0.2) is 23.6 Å². The molecule has 1 aliphatic heterocycles. The van der Waals surface area contributed by atoms with Gasteiger partial charge in [0.2, 0.25) is 5.95 Å². The zero-order valence-corrected chi connectivity index (χ0v) is 21.8. The zero-order valence-electron chi connectivity index (χ0n) is 21.8. The van der Waals surface area contributed by atoms with Gasteiger partial charge in [-0.25, -0.2) is 4.79 Å². The second-order valence-corrected chi connectivity index (χ2v) is 9.23. The van der Waals surface area contributed by atoms with Gasteiger partial charge in [0.25, 0.3) is 11.5 Å². The van der Waals surface area contributed by atoms with Crippen molar-refractivity contribution in [2.24, 2.45) is 12.8 Å². The number of rotatable bonds is 9. The van der Waals surface area contributed by atoms with Crippen LogP contribution in [0.1, 0.15) is 30.1 Å². The number of allylic oxidation sites excluding steroid dienone is 2. The monoisotopic (exact) mass is 523 g/mol. The fourth-order valence-electron chi connectivity index (χ4n) is 4.58. The van der Waals surface area contributed by atoms with Crippen LogP contribution >= 0.6 is 0 Å². The Kier molecular flexibility index (Phi) is 8.10. The quantitative estimate of drug-likeness (QED) is 0.303. The minimum atomic E-state index is -0.655. The lowest BCUT2D eigenvalue weighted by Crippen LogP contribution is -2.44. The van der Waals surface area contributed by atoms with E-state index in [0.29, 0.717) is 19.0 Å². The lowest BCUT2D eigenvalue weighted by atomic mass is 10.1. The Bertz CT molecular complexity index is 1500. The molecule has 3 heterocycles. The topological polar surface area (TPSA) is 146 Å². The molecule has 202 valence electrons. The molecular formula is C26H33N7O5. The summed E-state index contributed by atoms with van der Waals surface area (Å²) in [5.41, 5.74) is 5.58. The highest BCUT2D eigenvalue weighted by molar-refractivity contribution is 5.98. The third-order valence-corrected chi connectivity index (χ3v) is 6.60. The Morgan fingerprint density at radius 1 is 1.24 bits per heavy atom. The summed E-state index contributed by atoms with van der Waals surface area (Å²) < 4.78 is 9.48. The average molecular weight is 524 g/mol. The lowest BCUT2D eigenvalue weighted by Gasteiger charge is -2.31. The minimum Gasteiger partial charge on any atom is -0.483 e. The number of anilines is 1. The predicted molar refractivity (Wildman–Crippen MR) is 144 cm³/mol. The van der Waals surface area contributed by atoms with Gasteiger partial charge in [-0.3, -0.25) is 23.5 Å². The summed E-state index contributed by atoms with van der Waals surface area (Å²) in [5, 5.41) is 2.45. The molecule has 1 fully saturated rings. The number of hydrogen-bond acceptors (Lipinski definition) is 8. The average Bonchev–Trinajstić information content (AvgIpc) is 3.31. The maximum absolute atomic E-state index is 13.7. The van der Waals surface area contributed by atoms with Crippen LogP contribution in [0.3, 0.4) is 0 Å². The Labute approximate surface area is 219 Å². The van der Waals surface area contributed by atoms with Crippen molar-refractivity contribution in [3.63, 3.8) is 0 Å². The van der Waals surface area contributed by atoms with Gasteiger partial charge in [0.1, 0.15) is 5.75 Å². The summed E-state index contributed by atoms with van der Waals surface area (Å²) in [6, 6.07) is 6.39. The lowest BCUT2D eigenvalue weighted by molar-refractivity contribution is -0.122. The maximum atomic E-state index is 13.7. The second-order valence-electron chi connectivity index (χ2n) is 9.23. The van der Waals surface area contributed by atoms with E-state index in [4.69, 9.17) is 15.5 Å². The molecule has 1 atom stereocenters. The van der Waals surface area contributed by atoms with Crippen LogP contribution in [0, 0.1) is 0 Å². The van der Waals surface area contributed by atoms with E-state index in [0.717, 1.165) is 24.0 Å². The van der Waals surface area contributed by atoms with Crippen molar-refractivity contribution in [1.29, 1.82) is 0 Å². The number of carbonyl (C=O) groups excluding carboxylic acids is 2. The second kappa shape index (κ2) is 11.5. The van der Waals surface area contributed by atoms with Gasteiger partial charge in [0, 0.05) is 39.8 Å². The number of Topliss-reactive ketones (excluding diaryl/α,β-unsaturated/α-hetero) is 1. The van der Waals surface area contributed by atoms with Crippen molar-refractivity contribution >= 4 is 28.8 Å². The summed E-state index contributed by atoms with van der Waals surface area (Å²) >= 11 is 0. The van der Waals surface area contributed by atoms with E-state index in [2.05, 4.69) is 5.32 Å². The van der Waals surface area contributed by atoms with Crippen molar-refractivity contribution in [1.82, 2.24) is 24.0 Å². The number of piperidine rings is 1. The molecule has 4 rings (SSSR count). The molecule has 3 aromatic rings. The molecule has 38 heavy (non-hydrogen) atoms. The Hall–Kier alpha value is -4.19. The van der Waals surface area contributed by atoms with Crippen LogP contribution in [0.25, 0.3) is 11.2 Å². The molecule has 0 radical (unpaired) electrons. The third-order valence-electron chi connectivity index (χ3n) is 6.60. The van der Waals surface area contributed by atoms with Gasteiger partial charge in [-0.1, -0.05) is 24.3 Å².